The Kier molecular flexibility index (Phi) is 3.92. The first-order valence-corrected chi connectivity index (χ1v) is 8.68. The number of carbonyl (C=O) groups excluding carboxylic acids is 2. The molecule has 3 heteroatoms. The summed E-state index contributed by atoms with van der Waals surface area (Å²) in [7, 11) is 0. The second-order valence-corrected chi connectivity index (χ2v) is 6.70. The molecular weight excluding hydrogens is 322 g/mol. The van der Waals surface area contributed by atoms with Gasteiger partial charge in [0.15, 0.2) is 0 Å². The fourth-order valence-corrected chi connectivity index (χ4v) is 3.57. The van der Waals surface area contributed by atoms with Crippen LogP contribution in [0.4, 0.5) is 5.69 Å². The lowest BCUT2D eigenvalue weighted by Gasteiger charge is -2.06. The first-order chi connectivity index (χ1) is 12.6. The van der Waals surface area contributed by atoms with Gasteiger partial charge in [0, 0.05) is 0 Å². The van der Waals surface area contributed by atoms with Crippen LogP contribution in [0.2, 0.25) is 0 Å². The zero-order valence-corrected chi connectivity index (χ0v) is 14.8. The van der Waals surface area contributed by atoms with E-state index in [1.54, 1.807) is 24.3 Å². The number of Topliss-reactive ketones (excluding diaryl/α,β-unsaturated/α-hetero) is 1. The van der Waals surface area contributed by atoms with Crippen molar-refractivity contribution in [2.75, 3.05) is 5.32 Å². The van der Waals surface area contributed by atoms with E-state index in [1.807, 2.05) is 0 Å². The highest BCUT2D eigenvalue weighted by molar-refractivity contribution is 6.51. The summed E-state index contributed by atoms with van der Waals surface area (Å²) in [6.45, 7) is 4.43. The van der Waals surface area contributed by atoms with Gasteiger partial charge in [-0.1, -0.05) is 48.5 Å². The van der Waals surface area contributed by atoms with Crippen LogP contribution in [0.3, 0.4) is 0 Å². The van der Waals surface area contributed by atoms with Gasteiger partial charge in [-0.05, 0) is 65.8 Å². The van der Waals surface area contributed by atoms with Crippen molar-refractivity contribution in [3.8, 4) is 11.1 Å². The molecule has 0 bridgehead atoms. The summed E-state index contributed by atoms with van der Waals surface area (Å²) in [5.41, 5.74) is 9.81. The van der Waals surface area contributed by atoms with Gasteiger partial charge in [-0.15, -0.1) is 0 Å². The summed E-state index contributed by atoms with van der Waals surface area (Å²) >= 11 is 0. The molecule has 0 atom stereocenters. The number of carbonyl (C=O) groups is 2. The summed E-state index contributed by atoms with van der Waals surface area (Å²) in [4.78, 5) is 21.8. The molecule has 0 unspecified atom stereocenters. The van der Waals surface area contributed by atoms with Gasteiger partial charge in [-0.2, -0.15) is 0 Å². The van der Waals surface area contributed by atoms with Gasteiger partial charge >= 0.3 is 0 Å². The molecule has 2 aliphatic rings. The van der Waals surface area contributed by atoms with Crippen molar-refractivity contribution in [1.29, 1.82) is 0 Å². The molecule has 1 N–H and O–H groups in total. The Balaban J connectivity index is 0.000000136. The number of hydrogen-bond acceptors (Lipinski definition) is 2. The van der Waals surface area contributed by atoms with Gasteiger partial charge < -0.3 is 5.32 Å². The van der Waals surface area contributed by atoms with Crippen molar-refractivity contribution in [2.45, 2.75) is 20.3 Å². The lowest BCUT2D eigenvalue weighted by Crippen LogP contribution is -2.12. The third-order valence-corrected chi connectivity index (χ3v) is 5.17. The van der Waals surface area contributed by atoms with Crippen LogP contribution >= 0.6 is 0 Å². The van der Waals surface area contributed by atoms with E-state index in [0.717, 1.165) is 6.42 Å². The SMILES string of the molecule is Cc1ccc2c(c1C)Cc1ccccc1-2.O=C1Nc2ccccc2C1=O. The molecule has 0 aromatic heterocycles. The van der Waals surface area contributed by atoms with E-state index in [-0.39, 0.29) is 0 Å². The van der Waals surface area contributed by atoms with Crippen molar-refractivity contribution in [1.82, 2.24) is 0 Å². The smallest absolute Gasteiger partial charge is 0.296 e. The van der Waals surface area contributed by atoms with E-state index in [9.17, 15) is 9.59 Å². The van der Waals surface area contributed by atoms with Gasteiger partial charge in [-0.3, -0.25) is 9.59 Å². The average molecular weight is 341 g/mol. The molecule has 1 heterocycles. The minimum Gasteiger partial charge on any atom is -0.318 e. The van der Waals surface area contributed by atoms with Crippen LogP contribution in [-0.2, 0) is 11.2 Å². The van der Waals surface area contributed by atoms with Crippen molar-refractivity contribution in [2.24, 2.45) is 0 Å². The molecule has 0 saturated heterocycles. The van der Waals surface area contributed by atoms with Crippen LogP contribution in [0, 0.1) is 13.8 Å². The Labute approximate surface area is 152 Å². The monoisotopic (exact) mass is 341 g/mol. The Bertz CT molecular complexity index is 1050. The first kappa shape index (κ1) is 16.3. The van der Waals surface area contributed by atoms with E-state index in [2.05, 4.69) is 55.6 Å². The predicted molar refractivity (Wildman–Crippen MR) is 104 cm³/mol. The third kappa shape index (κ3) is 2.62. The molecule has 1 aliphatic carbocycles. The number of ketones is 1. The maximum atomic E-state index is 11.0. The largest absolute Gasteiger partial charge is 0.318 e. The molecule has 0 spiro atoms. The predicted octanol–water partition coefficient (Wildman–Crippen LogP) is 4.70. The third-order valence-electron chi connectivity index (χ3n) is 5.17. The number of anilines is 1. The van der Waals surface area contributed by atoms with E-state index < -0.39 is 11.7 Å². The summed E-state index contributed by atoms with van der Waals surface area (Å²) in [6, 6.07) is 20.1. The molecule has 5 rings (SSSR count). The summed E-state index contributed by atoms with van der Waals surface area (Å²) in [6.07, 6.45) is 1.11. The molecule has 3 aromatic rings. The first-order valence-electron chi connectivity index (χ1n) is 8.68. The zero-order valence-electron chi connectivity index (χ0n) is 14.8. The normalized spacial score (nSPS) is 13.3. The van der Waals surface area contributed by atoms with Crippen molar-refractivity contribution in [3.05, 3.63) is 88.5 Å². The highest BCUT2D eigenvalue weighted by Gasteiger charge is 2.26. The van der Waals surface area contributed by atoms with Crippen LogP contribution in [-0.4, -0.2) is 11.7 Å². The number of benzene rings is 3. The van der Waals surface area contributed by atoms with E-state index in [0.29, 0.717) is 11.3 Å². The standard InChI is InChI=1S/C15H14.C8H5NO2/c1-10-7-8-14-13-6-4-3-5-12(13)9-15(14)11(10)2;10-7-5-3-1-2-4-6(5)9-8(7)11/h3-8H,9H2,1-2H3;1-4H,(H,9,10,11). The van der Waals surface area contributed by atoms with Gasteiger partial charge in [-0.25, -0.2) is 0 Å². The topological polar surface area (TPSA) is 46.2 Å². The van der Waals surface area contributed by atoms with Crippen LogP contribution < -0.4 is 5.32 Å². The Morgan fingerprint density at radius 1 is 0.769 bits per heavy atom. The number of amides is 1. The molecule has 1 amide bonds. The highest BCUT2D eigenvalue weighted by atomic mass is 16.2. The number of para-hydroxylation sites is 1. The number of hydrogen-bond donors (Lipinski definition) is 1. The van der Waals surface area contributed by atoms with Crippen LogP contribution in [0.25, 0.3) is 11.1 Å². The lowest BCUT2D eigenvalue weighted by atomic mass is 9.98. The number of fused-ring (bicyclic) bond motifs is 4. The van der Waals surface area contributed by atoms with Gasteiger partial charge in [0.2, 0.25) is 0 Å². The van der Waals surface area contributed by atoms with Crippen molar-refractivity contribution in [3.63, 3.8) is 0 Å². The fourth-order valence-electron chi connectivity index (χ4n) is 3.57. The molecule has 128 valence electrons. The summed E-state index contributed by atoms with van der Waals surface area (Å²) in [5, 5.41) is 2.46. The maximum Gasteiger partial charge on any atom is 0.296 e. The lowest BCUT2D eigenvalue weighted by molar-refractivity contribution is -0.112. The fraction of sp³-hybridized carbons (Fsp3) is 0.130. The van der Waals surface area contributed by atoms with E-state index in [4.69, 9.17) is 0 Å². The van der Waals surface area contributed by atoms with Gasteiger partial charge in [0.25, 0.3) is 11.7 Å². The maximum absolute atomic E-state index is 11.0. The number of aryl methyl sites for hydroxylation is 1. The molecule has 3 aromatic carbocycles. The van der Waals surface area contributed by atoms with E-state index >= 15 is 0 Å². The second-order valence-electron chi connectivity index (χ2n) is 6.70. The summed E-state index contributed by atoms with van der Waals surface area (Å²) < 4.78 is 0. The minimum absolute atomic E-state index is 0.444. The Morgan fingerprint density at radius 2 is 1.46 bits per heavy atom. The molecule has 0 saturated carbocycles. The molecule has 26 heavy (non-hydrogen) atoms. The quantitative estimate of drug-likeness (QED) is 0.471. The van der Waals surface area contributed by atoms with Crippen molar-refractivity contribution < 1.29 is 9.59 Å². The van der Waals surface area contributed by atoms with Gasteiger partial charge in [0.05, 0.1) is 11.3 Å². The average Bonchev–Trinajstić information content (AvgIpc) is 3.17. The zero-order chi connectivity index (χ0) is 18.3. The van der Waals surface area contributed by atoms with Crippen LogP contribution in [0.15, 0.2) is 60.7 Å². The molecule has 1 aliphatic heterocycles. The number of rotatable bonds is 0. The molecule has 3 nitrogen and oxygen atoms in total. The Hall–Kier alpha value is -3.20. The van der Waals surface area contributed by atoms with Crippen molar-refractivity contribution >= 4 is 17.4 Å². The highest BCUT2D eigenvalue weighted by Crippen LogP contribution is 2.38. The molecular formula is C23H19NO2. The van der Waals surface area contributed by atoms with Crippen LogP contribution in [0.5, 0.6) is 0 Å². The minimum atomic E-state index is -0.536. The number of nitrogens with one attached hydrogen (secondary N) is 1. The second kappa shape index (κ2) is 6.26. The Morgan fingerprint density at radius 3 is 2.23 bits per heavy atom. The summed E-state index contributed by atoms with van der Waals surface area (Å²) in [5.74, 6) is -0.980. The van der Waals surface area contributed by atoms with Crippen LogP contribution in [0.1, 0.15) is 32.6 Å². The molecule has 0 fully saturated rings. The van der Waals surface area contributed by atoms with E-state index in [1.165, 1.54) is 33.4 Å². The van der Waals surface area contributed by atoms with Gasteiger partial charge in [0.1, 0.15) is 0 Å². The molecule has 0 radical (unpaired) electrons.